The van der Waals surface area contributed by atoms with Crippen LogP contribution >= 0.6 is 0 Å². The molecule has 0 saturated heterocycles. The van der Waals surface area contributed by atoms with Crippen molar-refractivity contribution in [2.24, 2.45) is 5.92 Å². The van der Waals surface area contributed by atoms with E-state index in [0.29, 0.717) is 11.7 Å². The molecule has 4 heteroatoms. The number of carbonyl (C=O) groups is 1. The number of nitroso groups, excluding NO2 is 1. The third kappa shape index (κ3) is 1.75. The first-order valence-corrected chi connectivity index (χ1v) is 7.91. The molecule has 4 nitrogen and oxygen atoms in total. The van der Waals surface area contributed by atoms with Crippen molar-refractivity contribution in [2.75, 3.05) is 6.54 Å². The standard InChI is InChI=1S/C17H21N2O2/c1-9-6-13-12-4-3-5-15-16(12)11(8-18-15)7-14(13)17(10(2)20)19(9)21/h6,14-15,17-18H,3-5,7-8H2,1-2H3/q+1. The van der Waals surface area contributed by atoms with Crippen LogP contribution in [0.25, 0.3) is 0 Å². The molecule has 3 unspecified atom stereocenters. The number of hydrogen-bond donors (Lipinski definition) is 1. The van der Waals surface area contributed by atoms with E-state index in [0.717, 1.165) is 24.1 Å². The van der Waals surface area contributed by atoms with Gasteiger partial charge >= 0.3 is 0 Å². The van der Waals surface area contributed by atoms with Crippen molar-refractivity contribution >= 4 is 5.78 Å². The van der Waals surface area contributed by atoms with E-state index in [1.807, 2.05) is 13.0 Å². The number of nitrogens with one attached hydrogen (secondary N) is 1. The molecule has 0 aromatic rings. The molecule has 0 aromatic carbocycles. The molecule has 4 rings (SSSR count). The highest BCUT2D eigenvalue weighted by molar-refractivity contribution is 5.82. The molecular formula is C17H21N2O2+. The van der Waals surface area contributed by atoms with E-state index >= 15 is 0 Å². The summed E-state index contributed by atoms with van der Waals surface area (Å²) in [5, 5.41) is 3.60. The maximum Gasteiger partial charge on any atom is 0.271 e. The van der Waals surface area contributed by atoms with Crippen LogP contribution in [-0.4, -0.2) is 29.2 Å². The average Bonchev–Trinajstić information content (AvgIpc) is 2.86. The van der Waals surface area contributed by atoms with Crippen LogP contribution in [0, 0.1) is 10.8 Å². The Hall–Kier alpha value is -1.55. The lowest BCUT2D eigenvalue weighted by molar-refractivity contribution is -0.535. The van der Waals surface area contributed by atoms with Gasteiger partial charge in [-0.3, -0.25) is 4.79 Å². The Morgan fingerprint density at radius 2 is 2.24 bits per heavy atom. The van der Waals surface area contributed by atoms with Gasteiger partial charge in [0.15, 0.2) is 0 Å². The number of fused-ring (bicyclic) bond motifs is 1. The van der Waals surface area contributed by atoms with Gasteiger partial charge in [-0.1, -0.05) is 5.57 Å². The molecule has 110 valence electrons. The van der Waals surface area contributed by atoms with Gasteiger partial charge in [0.2, 0.25) is 11.5 Å². The van der Waals surface area contributed by atoms with Crippen LogP contribution in [0.1, 0.15) is 39.5 Å². The number of Topliss-reactive ketones (excluding diaryl/α,β-unsaturated/α-hetero) is 1. The van der Waals surface area contributed by atoms with E-state index in [2.05, 4.69) is 5.32 Å². The first-order valence-electron chi connectivity index (χ1n) is 7.91. The van der Waals surface area contributed by atoms with Gasteiger partial charge in [-0.15, -0.1) is 0 Å². The molecule has 0 aromatic heterocycles. The molecule has 2 aliphatic heterocycles. The maximum absolute atomic E-state index is 12.4. The topological polar surface area (TPSA) is 49.2 Å². The molecule has 3 atom stereocenters. The zero-order chi connectivity index (χ0) is 14.7. The SMILES string of the molecule is CC(=O)C1C2CC3=C4C(=C2C=C(C)[N+]1=O)CCCC4NC3. The Bertz CT molecular complexity index is 654. The van der Waals surface area contributed by atoms with Gasteiger partial charge in [-0.2, -0.15) is 0 Å². The summed E-state index contributed by atoms with van der Waals surface area (Å²) in [6.45, 7) is 4.31. The molecule has 2 heterocycles. The summed E-state index contributed by atoms with van der Waals surface area (Å²) in [6.07, 6.45) is 6.41. The molecule has 1 N–H and O–H groups in total. The van der Waals surface area contributed by atoms with Crippen molar-refractivity contribution < 1.29 is 9.55 Å². The summed E-state index contributed by atoms with van der Waals surface area (Å²) < 4.78 is 0.936. The minimum absolute atomic E-state index is 0.0112. The normalized spacial score (nSPS) is 34.7. The monoisotopic (exact) mass is 285 g/mol. The number of hydrogen-bond acceptors (Lipinski definition) is 3. The number of ketones is 1. The first-order chi connectivity index (χ1) is 10.1. The van der Waals surface area contributed by atoms with Gasteiger partial charge in [0.05, 0.1) is 5.92 Å². The van der Waals surface area contributed by atoms with E-state index in [9.17, 15) is 9.70 Å². The third-order valence-corrected chi connectivity index (χ3v) is 5.51. The third-order valence-electron chi connectivity index (χ3n) is 5.51. The molecule has 0 spiro atoms. The minimum atomic E-state index is -0.535. The largest absolute Gasteiger partial charge is 0.306 e. The molecular weight excluding hydrogens is 264 g/mol. The zero-order valence-corrected chi connectivity index (χ0v) is 12.6. The van der Waals surface area contributed by atoms with E-state index in [1.165, 1.54) is 35.1 Å². The Morgan fingerprint density at radius 3 is 3.00 bits per heavy atom. The molecule has 0 amide bonds. The van der Waals surface area contributed by atoms with Crippen molar-refractivity contribution in [3.63, 3.8) is 0 Å². The Kier molecular flexibility index (Phi) is 2.80. The molecule has 2 aliphatic carbocycles. The lowest BCUT2D eigenvalue weighted by atomic mass is 9.69. The maximum atomic E-state index is 12.4. The number of carbonyl (C=O) groups excluding carboxylic acids is 1. The summed E-state index contributed by atoms with van der Waals surface area (Å²) in [6, 6.07) is -0.0282. The predicted octanol–water partition coefficient (Wildman–Crippen LogP) is 2.41. The summed E-state index contributed by atoms with van der Waals surface area (Å²) in [7, 11) is 0. The second-order valence-corrected chi connectivity index (χ2v) is 6.75. The van der Waals surface area contributed by atoms with Gasteiger partial charge in [0.1, 0.15) is 0 Å². The highest BCUT2D eigenvalue weighted by Crippen LogP contribution is 2.48. The van der Waals surface area contributed by atoms with E-state index in [-0.39, 0.29) is 11.7 Å². The van der Waals surface area contributed by atoms with Gasteiger partial charge < -0.3 is 5.32 Å². The van der Waals surface area contributed by atoms with Crippen LogP contribution in [0.2, 0.25) is 0 Å². The average molecular weight is 285 g/mol. The van der Waals surface area contributed by atoms with Gasteiger partial charge in [0.25, 0.3) is 6.04 Å². The van der Waals surface area contributed by atoms with Gasteiger partial charge in [-0.25, -0.2) is 0 Å². The van der Waals surface area contributed by atoms with Crippen LogP contribution in [0.4, 0.5) is 0 Å². The van der Waals surface area contributed by atoms with Crippen LogP contribution in [0.5, 0.6) is 0 Å². The van der Waals surface area contributed by atoms with Gasteiger partial charge in [-0.05, 0) is 42.4 Å². The molecule has 1 fully saturated rings. The van der Waals surface area contributed by atoms with Crippen molar-refractivity contribution in [3.05, 3.63) is 39.0 Å². The fourth-order valence-corrected chi connectivity index (χ4v) is 4.65. The Balaban J connectivity index is 1.90. The second-order valence-electron chi connectivity index (χ2n) is 6.75. The second kappa shape index (κ2) is 4.47. The number of allylic oxidation sites excluding steroid dienone is 2. The lowest BCUT2D eigenvalue weighted by Gasteiger charge is -2.35. The summed E-state index contributed by atoms with van der Waals surface area (Å²) in [5.74, 6) is 0.0408. The predicted molar refractivity (Wildman–Crippen MR) is 79.7 cm³/mol. The number of nitrogens with zero attached hydrogens (tertiary/aromatic N) is 1. The van der Waals surface area contributed by atoms with Crippen molar-refractivity contribution in [2.45, 2.75) is 51.6 Å². The fraction of sp³-hybridized carbons (Fsp3) is 0.588. The van der Waals surface area contributed by atoms with E-state index < -0.39 is 6.04 Å². The van der Waals surface area contributed by atoms with Crippen LogP contribution in [-0.2, 0) is 4.79 Å². The summed E-state index contributed by atoms with van der Waals surface area (Å²) >= 11 is 0. The minimum Gasteiger partial charge on any atom is -0.306 e. The smallest absolute Gasteiger partial charge is 0.271 e. The van der Waals surface area contributed by atoms with Crippen LogP contribution < -0.4 is 5.32 Å². The van der Waals surface area contributed by atoms with E-state index in [1.54, 1.807) is 6.92 Å². The van der Waals surface area contributed by atoms with Crippen molar-refractivity contribution in [3.8, 4) is 0 Å². The zero-order valence-electron chi connectivity index (χ0n) is 12.6. The number of rotatable bonds is 1. The molecule has 0 bridgehead atoms. The van der Waals surface area contributed by atoms with Crippen molar-refractivity contribution in [1.29, 1.82) is 0 Å². The molecule has 1 saturated carbocycles. The van der Waals surface area contributed by atoms with Crippen molar-refractivity contribution in [1.82, 2.24) is 5.32 Å². The highest BCUT2D eigenvalue weighted by Gasteiger charge is 2.49. The van der Waals surface area contributed by atoms with Gasteiger partial charge in [0, 0.05) is 42.2 Å². The van der Waals surface area contributed by atoms with E-state index in [4.69, 9.17) is 0 Å². The molecule has 21 heavy (non-hydrogen) atoms. The summed E-state index contributed by atoms with van der Waals surface area (Å²) in [5.41, 5.74) is 6.33. The quantitative estimate of drug-likeness (QED) is 0.753. The Morgan fingerprint density at radius 1 is 1.43 bits per heavy atom. The lowest BCUT2D eigenvalue weighted by Crippen LogP contribution is -2.43. The highest BCUT2D eigenvalue weighted by atomic mass is 16.3. The first kappa shape index (κ1) is 13.1. The fourth-order valence-electron chi connectivity index (χ4n) is 4.65. The molecule has 0 radical (unpaired) electrons. The Labute approximate surface area is 124 Å². The molecule has 4 aliphatic rings. The summed E-state index contributed by atoms with van der Waals surface area (Å²) in [4.78, 5) is 24.4. The van der Waals surface area contributed by atoms with Crippen LogP contribution in [0.15, 0.2) is 34.1 Å². The van der Waals surface area contributed by atoms with Crippen LogP contribution in [0.3, 0.4) is 0 Å².